The summed E-state index contributed by atoms with van der Waals surface area (Å²) in [5.74, 6) is -1.19. The van der Waals surface area contributed by atoms with E-state index >= 15 is 0 Å². The van der Waals surface area contributed by atoms with Crippen LogP contribution in [0.25, 0.3) is 0 Å². The lowest BCUT2D eigenvalue weighted by molar-refractivity contribution is -0.864. The summed E-state index contributed by atoms with van der Waals surface area (Å²) in [5.41, 5.74) is 5.09. The summed E-state index contributed by atoms with van der Waals surface area (Å²) in [6.45, 7) is 2.27. The third-order valence-electron chi connectivity index (χ3n) is 4.36. The number of unbranched alkanes of at least 4 members (excludes halogenated alkanes) is 8. The zero-order chi connectivity index (χ0) is 22.5. The number of carbonyl (C=O) groups is 2. The van der Waals surface area contributed by atoms with Gasteiger partial charge in [0.05, 0.1) is 33.2 Å². The molecule has 172 valence electrons. The number of aliphatic carboxylic acids is 1. The second kappa shape index (κ2) is 19.9. The molecular weight excluding hydrogens is 368 g/mol. The molecule has 0 aromatic rings. The molecule has 0 aliphatic rings. The van der Waals surface area contributed by atoms with Gasteiger partial charge < -0.3 is 25.2 Å². The van der Waals surface area contributed by atoms with Crippen LogP contribution in [0.5, 0.6) is 0 Å². The Bertz CT molecular complexity index is 431. The number of quaternary nitrogens is 1. The van der Waals surface area contributed by atoms with Crippen molar-refractivity contribution in [2.24, 2.45) is 5.73 Å². The minimum Gasteiger partial charge on any atom is -0.544 e. The topological polar surface area (TPSA) is 103 Å². The Morgan fingerprint density at radius 3 is 2.07 bits per heavy atom. The minimum atomic E-state index is -1.00. The average molecular weight is 415 g/mol. The first-order valence-electron chi connectivity index (χ1n) is 11.2. The normalized spacial score (nSPS) is 12.4. The predicted octanol–water partition coefficient (Wildman–Crippen LogP) is 2.92. The van der Waals surface area contributed by atoms with E-state index in [9.17, 15) is 19.8 Å². The van der Waals surface area contributed by atoms with Crippen LogP contribution in [0, 0.1) is 0 Å². The van der Waals surface area contributed by atoms with E-state index < -0.39 is 5.97 Å². The first-order valence-corrected chi connectivity index (χ1v) is 11.2. The predicted molar refractivity (Wildman–Crippen MR) is 118 cm³/mol. The van der Waals surface area contributed by atoms with E-state index in [-0.39, 0.29) is 18.6 Å². The van der Waals surface area contributed by atoms with Crippen LogP contribution < -0.4 is 10.8 Å². The molecule has 0 saturated heterocycles. The molecule has 6 heteroatoms. The van der Waals surface area contributed by atoms with Crippen molar-refractivity contribution >= 4 is 11.9 Å². The number of aliphatic hydroxyl groups is 1. The Morgan fingerprint density at radius 2 is 1.55 bits per heavy atom. The van der Waals surface area contributed by atoms with Crippen molar-refractivity contribution in [3.05, 3.63) is 12.2 Å². The van der Waals surface area contributed by atoms with Gasteiger partial charge in [-0.2, -0.15) is 0 Å². The Hall–Kier alpha value is -1.40. The highest BCUT2D eigenvalue weighted by Gasteiger charge is 2.04. The van der Waals surface area contributed by atoms with E-state index in [1.54, 1.807) is 21.1 Å². The molecule has 0 unspecified atom stereocenters. The molecule has 6 nitrogen and oxygen atoms in total. The molecule has 0 aliphatic carbocycles. The maximum absolute atomic E-state index is 10.6. The number of nitrogens with two attached hydrogens (primary N) is 1. The third kappa shape index (κ3) is 31.5. The summed E-state index contributed by atoms with van der Waals surface area (Å²) in [5, 5.41) is 19.7. The van der Waals surface area contributed by atoms with Gasteiger partial charge in [0.25, 0.3) is 0 Å². The van der Waals surface area contributed by atoms with E-state index in [4.69, 9.17) is 5.73 Å². The summed E-state index contributed by atoms with van der Waals surface area (Å²) in [4.78, 5) is 20.4. The number of carboxylic acids is 1. The van der Waals surface area contributed by atoms with E-state index in [1.807, 2.05) is 0 Å². The van der Waals surface area contributed by atoms with Crippen molar-refractivity contribution in [1.29, 1.82) is 0 Å². The molecule has 1 atom stereocenters. The van der Waals surface area contributed by atoms with Crippen molar-refractivity contribution in [3.8, 4) is 0 Å². The lowest BCUT2D eigenvalue weighted by Crippen LogP contribution is -2.45. The first kappa shape index (κ1) is 29.8. The number of primary amides is 1. The van der Waals surface area contributed by atoms with Gasteiger partial charge in [-0.05, 0) is 32.1 Å². The highest BCUT2D eigenvalue weighted by atomic mass is 16.4. The molecule has 0 aromatic carbocycles. The molecule has 0 bridgehead atoms. The fourth-order valence-electron chi connectivity index (χ4n) is 2.77. The van der Waals surface area contributed by atoms with Crippen LogP contribution in [0.2, 0.25) is 0 Å². The highest BCUT2D eigenvalue weighted by molar-refractivity contribution is 5.73. The van der Waals surface area contributed by atoms with Crippen LogP contribution in [-0.2, 0) is 9.59 Å². The molecule has 0 radical (unpaired) electrons. The zero-order valence-corrected chi connectivity index (χ0v) is 19.3. The van der Waals surface area contributed by atoms with E-state index in [0.29, 0.717) is 10.9 Å². The Morgan fingerprint density at radius 1 is 0.966 bits per heavy atom. The van der Waals surface area contributed by atoms with Crippen molar-refractivity contribution in [3.63, 3.8) is 0 Å². The van der Waals surface area contributed by atoms with Crippen molar-refractivity contribution in [2.45, 2.75) is 96.5 Å². The van der Waals surface area contributed by atoms with Crippen LogP contribution in [0.1, 0.15) is 90.4 Å². The van der Waals surface area contributed by atoms with E-state index in [2.05, 4.69) is 19.1 Å². The summed E-state index contributed by atoms with van der Waals surface area (Å²) >= 11 is 0. The van der Waals surface area contributed by atoms with Crippen LogP contribution in [0.3, 0.4) is 0 Å². The SMILES string of the molecule is CCCCCC[C@@H](O)C/C=C\CCCCCCCC(N)=O.C[N+](C)(C)CC(=O)[O-]. The van der Waals surface area contributed by atoms with Gasteiger partial charge in [0, 0.05) is 6.42 Å². The van der Waals surface area contributed by atoms with Gasteiger partial charge in [0.1, 0.15) is 6.54 Å². The molecule has 29 heavy (non-hydrogen) atoms. The van der Waals surface area contributed by atoms with Gasteiger partial charge in [-0.15, -0.1) is 0 Å². The van der Waals surface area contributed by atoms with Gasteiger partial charge in [0.2, 0.25) is 5.91 Å². The summed E-state index contributed by atoms with van der Waals surface area (Å²) in [6.07, 6.45) is 18.0. The molecule has 0 aromatic heterocycles. The van der Waals surface area contributed by atoms with Crippen LogP contribution >= 0.6 is 0 Å². The van der Waals surface area contributed by atoms with Gasteiger partial charge in [-0.1, -0.05) is 64.0 Å². The average Bonchev–Trinajstić information content (AvgIpc) is 2.58. The molecular formula is C23H46N2O4. The molecule has 0 saturated carbocycles. The summed E-state index contributed by atoms with van der Waals surface area (Å²) in [6, 6.07) is 0. The standard InChI is InChI=1S/C18H35NO2.C5H11NO2/c1-2-3-4-11-14-17(20)15-12-9-7-5-6-8-10-13-16-18(19)21;1-6(2,3)4-5(7)8/h9,12,17,20H,2-8,10-11,13-16H2,1H3,(H2,19,21);4H2,1-3H3/b12-9-;/t17-;/m1./s1. The highest BCUT2D eigenvalue weighted by Crippen LogP contribution is 2.10. The number of amides is 1. The van der Waals surface area contributed by atoms with Gasteiger partial charge >= 0.3 is 0 Å². The lowest BCUT2D eigenvalue weighted by atomic mass is 10.1. The number of hydrogen-bond donors (Lipinski definition) is 2. The number of likely N-dealkylation sites (N-methyl/N-ethyl adjacent to an activating group) is 1. The molecule has 0 spiro atoms. The number of rotatable bonds is 17. The Balaban J connectivity index is 0. The maximum Gasteiger partial charge on any atom is 0.217 e. The van der Waals surface area contributed by atoms with Crippen LogP contribution in [-0.4, -0.2) is 55.3 Å². The Labute approximate surface area is 178 Å². The third-order valence-corrected chi connectivity index (χ3v) is 4.36. The van der Waals surface area contributed by atoms with Crippen molar-refractivity contribution in [2.75, 3.05) is 27.7 Å². The van der Waals surface area contributed by atoms with E-state index in [1.165, 1.54) is 38.5 Å². The number of nitrogens with zero attached hydrogens (tertiary/aromatic N) is 1. The van der Waals surface area contributed by atoms with Gasteiger partial charge in [-0.25, -0.2) is 0 Å². The quantitative estimate of drug-likeness (QED) is 0.217. The second-order valence-electron chi connectivity index (χ2n) is 8.80. The second-order valence-corrected chi connectivity index (χ2v) is 8.80. The largest absolute Gasteiger partial charge is 0.544 e. The van der Waals surface area contributed by atoms with Gasteiger partial charge in [-0.3, -0.25) is 4.79 Å². The molecule has 3 N–H and O–H groups in total. The maximum atomic E-state index is 10.6. The molecule has 1 amide bonds. The first-order chi connectivity index (χ1) is 13.6. The minimum absolute atomic E-state index is 0.0694. The summed E-state index contributed by atoms with van der Waals surface area (Å²) < 4.78 is 0.419. The van der Waals surface area contributed by atoms with Gasteiger partial charge in [0.15, 0.2) is 0 Å². The zero-order valence-electron chi connectivity index (χ0n) is 19.3. The molecule has 0 fully saturated rings. The number of allylic oxidation sites excluding steroid dienone is 1. The molecule has 0 heterocycles. The number of carboxylic acid groups (broad SMARTS) is 1. The fourth-order valence-corrected chi connectivity index (χ4v) is 2.77. The lowest BCUT2D eigenvalue weighted by Gasteiger charge is -2.23. The van der Waals surface area contributed by atoms with Crippen LogP contribution in [0.15, 0.2) is 12.2 Å². The Kier molecular flexibility index (Phi) is 20.4. The number of hydrogen-bond acceptors (Lipinski definition) is 4. The fraction of sp³-hybridized carbons (Fsp3) is 0.826. The van der Waals surface area contributed by atoms with Crippen LogP contribution in [0.4, 0.5) is 0 Å². The summed E-state index contributed by atoms with van der Waals surface area (Å²) in [7, 11) is 5.40. The molecule has 0 aliphatic heterocycles. The van der Waals surface area contributed by atoms with Crippen molar-refractivity contribution < 1.29 is 24.3 Å². The smallest absolute Gasteiger partial charge is 0.217 e. The number of carbonyl (C=O) groups excluding carboxylic acids is 2. The monoisotopic (exact) mass is 414 g/mol. The molecule has 0 rings (SSSR count). The number of aliphatic hydroxyl groups excluding tert-OH is 1. The van der Waals surface area contributed by atoms with Crippen molar-refractivity contribution in [1.82, 2.24) is 0 Å². The van der Waals surface area contributed by atoms with E-state index in [0.717, 1.165) is 38.5 Å².